The number of hydrogen-bond donors (Lipinski definition) is 2. The van der Waals surface area contributed by atoms with E-state index >= 15 is 0 Å². The molecule has 0 saturated heterocycles. The first-order valence-electron chi connectivity index (χ1n) is 6.39. The Labute approximate surface area is 130 Å². The lowest BCUT2D eigenvalue weighted by Crippen LogP contribution is -2.12. The molecule has 0 aliphatic carbocycles. The Hall–Kier alpha value is -2.27. The van der Waals surface area contributed by atoms with Gasteiger partial charge in [-0.05, 0) is 42.5 Å². The maximum atomic E-state index is 12.2. The average Bonchev–Trinajstić information content (AvgIpc) is 2.91. The third kappa shape index (κ3) is 2.92. The summed E-state index contributed by atoms with van der Waals surface area (Å²) in [6.45, 7) is 0. The molecule has 106 valence electrons. The monoisotopic (exact) mass is 344 g/mol. The van der Waals surface area contributed by atoms with Gasteiger partial charge in [-0.25, -0.2) is 0 Å². The molecule has 2 N–H and O–H groups in total. The Morgan fingerprint density at radius 3 is 2.62 bits per heavy atom. The number of nitrogens with one attached hydrogen (secondary N) is 2. The third-order valence-electron chi connectivity index (χ3n) is 3.18. The molecule has 0 spiro atoms. The van der Waals surface area contributed by atoms with Crippen LogP contribution in [0.1, 0.15) is 10.5 Å². The van der Waals surface area contributed by atoms with Crippen LogP contribution in [0.25, 0.3) is 10.9 Å². The lowest BCUT2D eigenvalue weighted by atomic mass is 10.2. The van der Waals surface area contributed by atoms with Gasteiger partial charge in [0.2, 0.25) is 0 Å². The standard InChI is InChI=1S/C16H13BrN2O2/c1-21-13-6-4-12(5-7-13)18-16(20)15-8-10-2-3-11(17)9-14(10)19-15/h2-9,19H,1H3,(H,18,20). The molecule has 21 heavy (non-hydrogen) atoms. The minimum atomic E-state index is -0.174. The lowest BCUT2D eigenvalue weighted by molar-refractivity contribution is 0.102. The number of halogens is 1. The smallest absolute Gasteiger partial charge is 0.272 e. The number of ether oxygens (including phenoxy) is 1. The topological polar surface area (TPSA) is 54.1 Å². The molecule has 5 heteroatoms. The Morgan fingerprint density at radius 1 is 1.14 bits per heavy atom. The van der Waals surface area contributed by atoms with Gasteiger partial charge in [-0.2, -0.15) is 0 Å². The highest BCUT2D eigenvalue weighted by molar-refractivity contribution is 9.10. The fourth-order valence-electron chi connectivity index (χ4n) is 2.09. The zero-order valence-electron chi connectivity index (χ0n) is 11.3. The molecular weight excluding hydrogens is 332 g/mol. The number of amides is 1. The normalized spacial score (nSPS) is 10.6. The molecule has 4 nitrogen and oxygen atoms in total. The molecule has 1 heterocycles. The van der Waals surface area contributed by atoms with Crippen LogP contribution in [-0.2, 0) is 0 Å². The number of carbonyl (C=O) groups is 1. The van der Waals surface area contributed by atoms with Crippen molar-refractivity contribution in [1.82, 2.24) is 4.98 Å². The van der Waals surface area contributed by atoms with Gasteiger partial charge >= 0.3 is 0 Å². The molecule has 0 fully saturated rings. The third-order valence-corrected chi connectivity index (χ3v) is 3.67. The minimum absolute atomic E-state index is 0.174. The van der Waals surface area contributed by atoms with Gasteiger partial charge in [-0.3, -0.25) is 4.79 Å². The lowest BCUT2D eigenvalue weighted by Gasteiger charge is -2.04. The van der Waals surface area contributed by atoms with E-state index in [1.807, 2.05) is 24.3 Å². The number of methoxy groups -OCH3 is 1. The predicted octanol–water partition coefficient (Wildman–Crippen LogP) is 4.19. The molecule has 0 atom stereocenters. The molecule has 0 unspecified atom stereocenters. The summed E-state index contributed by atoms with van der Waals surface area (Å²) in [7, 11) is 1.61. The van der Waals surface area contributed by atoms with Crippen LogP contribution in [0.3, 0.4) is 0 Å². The van der Waals surface area contributed by atoms with Crippen LogP contribution in [0, 0.1) is 0 Å². The van der Waals surface area contributed by atoms with Crippen molar-refractivity contribution in [2.24, 2.45) is 0 Å². The average molecular weight is 345 g/mol. The maximum Gasteiger partial charge on any atom is 0.272 e. The van der Waals surface area contributed by atoms with Gasteiger partial charge in [-0.15, -0.1) is 0 Å². The molecule has 3 aromatic rings. The number of fused-ring (bicyclic) bond motifs is 1. The van der Waals surface area contributed by atoms with E-state index in [2.05, 4.69) is 26.2 Å². The van der Waals surface area contributed by atoms with Crippen molar-refractivity contribution in [2.75, 3.05) is 12.4 Å². The summed E-state index contributed by atoms with van der Waals surface area (Å²) in [4.78, 5) is 15.4. The zero-order chi connectivity index (χ0) is 14.8. The van der Waals surface area contributed by atoms with Gasteiger partial charge in [0.25, 0.3) is 5.91 Å². The van der Waals surface area contributed by atoms with Crippen LogP contribution >= 0.6 is 15.9 Å². The number of aromatic nitrogens is 1. The van der Waals surface area contributed by atoms with Crippen molar-refractivity contribution in [3.63, 3.8) is 0 Å². The van der Waals surface area contributed by atoms with Crippen molar-refractivity contribution >= 4 is 38.4 Å². The van der Waals surface area contributed by atoms with Crippen molar-refractivity contribution in [2.45, 2.75) is 0 Å². The predicted molar refractivity (Wildman–Crippen MR) is 86.9 cm³/mol. The summed E-state index contributed by atoms with van der Waals surface area (Å²) in [5.41, 5.74) is 2.17. The van der Waals surface area contributed by atoms with Gasteiger partial charge < -0.3 is 15.0 Å². The van der Waals surface area contributed by atoms with Crippen molar-refractivity contribution in [1.29, 1.82) is 0 Å². The van der Waals surface area contributed by atoms with E-state index in [1.54, 1.807) is 31.4 Å². The van der Waals surface area contributed by atoms with Gasteiger partial charge in [0.15, 0.2) is 0 Å². The summed E-state index contributed by atoms with van der Waals surface area (Å²) >= 11 is 3.41. The summed E-state index contributed by atoms with van der Waals surface area (Å²) in [5, 5.41) is 3.85. The number of benzene rings is 2. The van der Waals surface area contributed by atoms with E-state index in [0.29, 0.717) is 5.69 Å². The van der Waals surface area contributed by atoms with E-state index in [-0.39, 0.29) is 5.91 Å². The largest absolute Gasteiger partial charge is 0.497 e. The van der Waals surface area contributed by atoms with Crippen LogP contribution < -0.4 is 10.1 Å². The first kappa shape index (κ1) is 13.7. The fraction of sp³-hybridized carbons (Fsp3) is 0.0625. The molecule has 2 aromatic carbocycles. The summed E-state index contributed by atoms with van der Waals surface area (Å²) in [6, 6.07) is 14.9. The minimum Gasteiger partial charge on any atom is -0.497 e. The molecule has 0 aliphatic rings. The van der Waals surface area contributed by atoms with Crippen LogP contribution in [-0.4, -0.2) is 18.0 Å². The molecular formula is C16H13BrN2O2. The van der Waals surface area contributed by atoms with Crippen molar-refractivity contribution in [3.8, 4) is 5.75 Å². The summed E-state index contributed by atoms with van der Waals surface area (Å²) < 4.78 is 6.06. The van der Waals surface area contributed by atoms with Crippen LogP contribution in [0.2, 0.25) is 0 Å². The highest BCUT2D eigenvalue weighted by atomic mass is 79.9. The Bertz CT molecular complexity index is 794. The number of H-pyrrole nitrogens is 1. The van der Waals surface area contributed by atoms with Crippen molar-refractivity contribution < 1.29 is 9.53 Å². The van der Waals surface area contributed by atoms with Gasteiger partial charge in [0, 0.05) is 21.1 Å². The molecule has 3 rings (SSSR count). The van der Waals surface area contributed by atoms with E-state index in [9.17, 15) is 4.79 Å². The molecule has 0 bridgehead atoms. The Kier molecular flexibility index (Phi) is 3.66. The molecule has 1 amide bonds. The van der Waals surface area contributed by atoms with Gasteiger partial charge in [0.1, 0.15) is 11.4 Å². The molecule has 1 aromatic heterocycles. The number of hydrogen-bond acceptors (Lipinski definition) is 2. The van der Waals surface area contributed by atoms with E-state index in [0.717, 1.165) is 26.8 Å². The SMILES string of the molecule is COc1ccc(NC(=O)c2cc3ccc(Br)cc3[nH]2)cc1. The fourth-order valence-corrected chi connectivity index (χ4v) is 2.46. The molecule has 0 aliphatic heterocycles. The Balaban J connectivity index is 1.82. The van der Waals surface area contributed by atoms with Gasteiger partial charge in [-0.1, -0.05) is 22.0 Å². The van der Waals surface area contributed by atoms with E-state index < -0.39 is 0 Å². The van der Waals surface area contributed by atoms with Crippen LogP contribution in [0.4, 0.5) is 5.69 Å². The first-order valence-corrected chi connectivity index (χ1v) is 7.19. The Morgan fingerprint density at radius 2 is 1.90 bits per heavy atom. The summed E-state index contributed by atoms with van der Waals surface area (Å²) in [6.07, 6.45) is 0. The maximum absolute atomic E-state index is 12.2. The second kappa shape index (κ2) is 5.61. The summed E-state index contributed by atoms with van der Waals surface area (Å²) in [5.74, 6) is 0.580. The highest BCUT2D eigenvalue weighted by Crippen LogP contribution is 2.21. The van der Waals surface area contributed by atoms with E-state index in [4.69, 9.17) is 4.74 Å². The first-order chi connectivity index (χ1) is 10.2. The number of aromatic amines is 1. The molecule has 0 radical (unpaired) electrons. The number of anilines is 1. The zero-order valence-corrected chi connectivity index (χ0v) is 12.9. The van der Waals surface area contributed by atoms with E-state index in [1.165, 1.54) is 0 Å². The quantitative estimate of drug-likeness (QED) is 0.748. The second-order valence-electron chi connectivity index (χ2n) is 4.60. The molecule has 0 saturated carbocycles. The number of carbonyl (C=O) groups excluding carboxylic acids is 1. The van der Waals surface area contributed by atoms with Crippen molar-refractivity contribution in [3.05, 3.63) is 58.7 Å². The van der Waals surface area contributed by atoms with Crippen LogP contribution in [0.5, 0.6) is 5.75 Å². The van der Waals surface area contributed by atoms with Gasteiger partial charge in [0.05, 0.1) is 7.11 Å². The number of rotatable bonds is 3. The van der Waals surface area contributed by atoms with Crippen LogP contribution in [0.15, 0.2) is 53.0 Å². The second-order valence-corrected chi connectivity index (χ2v) is 5.51. The highest BCUT2D eigenvalue weighted by Gasteiger charge is 2.10.